The van der Waals surface area contributed by atoms with Gasteiger partial charge in [-0.1, -0.05) is 30.4 Å². The second-order valence-electron chi connectivity index (χ2n) is 5.05. The zero-order chi connectivity index (χ0) is 15.1. The number of hydrogen-bond acceptors (Lipinski definition) is 3. The Kier molecular flexibility index (Phi) is 5.58. The topological polar surface area (TPSA) is 52.6 Å². The lowest BCUT2D eigenvalue weighted by atomic mass is 9.91. The Bertz CT molecular complexity index is 539. The van der Waals surface area contributed by atoms with E-state index in [0.29, 0.717) is 6.42 Å². The van der Waals surface area contributed by atoms with Gasteiger partial charge < -0.3 is 5.11 Å². The second-order valence-corrected chi connectivity index (χ2v) is 5.05. The number of hydrazine groups is 1. The number of rotatable bonds is 5. The molecule has 2 aliphatic rings. The smallest absolute Gasteiger partial charge is 0.303 e. The van der Waals surface area contributed by atoms with Crippen LogP contribution in [0.4, 0.5) is 0 Å². The Hall–Kier alpha value is -2.07. The molecule has 0 unspecified atom stereocenters. The molecule has 2 rings (SSSR count). The van der Waals surface area contributed by atoms with Crippen molar-refractivity contribution in [3.63, 3.8) is 0 Å². The molecule has 1 aliphatic heterocycles. The molecule has 0 bridgehead atoms. The van der Waals surface area contributed by atoms with Gasteiger partial charge in [0.1, 0.15) is 0 Å². The summed E-state index contributed by atoms with van der Waals surface area (Å²) in [5.74, 6) is -0.754. The van der Waals surface area contributed by atoms with Gasteiger partial charge in [0.25, 0.3) is 0 Å². The normalized spacial score (nSPS) is 20.2. The minimum Gasteiger partial charge on any atom is -0.481 e. The van der Waals surface area contributed by atoms with Crippen molar-refractivity contribution in [1.82, 2.24) is 10.4 Å². The van der Waals surface area contributed by atoms with Gasteiger partial charge in [-0.15, -0.1) is 0 Å². The first kappa shape index (κ1) is 15.3. The van der Waals surface area contributed by atoms with Crippen LogP contribution in [-0.2, 0) is 4.79 Å². The van der Waals surface area contributed by atoms with Crippen molar-refractivity contribution < 1.29 is 9.90 Å². The summed E-state index contributed by atoms with van der Waals surface area (Å²) in [6, 6.07) is 0. The van der Waals surface area contributed by atoms with Crippen LogP contribution in [0.3, 0.4) is 0 Å². The van der Waals surface area contributed by atoms with Crippen molar-refractivity contribution in [3.8, 4) is 0 Å². The maximum Gasteiger partial charge on any atom is 0.303 e. The number of nitrogens with one attached hydrogen (secondary N) is 1. The van der Waals surface area contributed by atoms with E-state index in [0.717, 1.165) is 30.5 Å². The summed E-state index contributed by atoms with van der Waals surface area (Å²) in [7, 11) is 1.87. The van der Waals surface area contributed by atoms with Gasteiger partial charge in [0.15, 0.2) is 0 Å². The number of carbonyl (C=O) groups is 1. The van der Waals surface area contributed by atoms with E-state index in [4.69, 9.17) is 5.11 Å². The molecule has 21 heavy (non-hydrogen) atoms. The summed E-state index contributed by atoms with van der Waals surface area (Å²) in [6.45, 7) is 0. The van der Waals surface area contributed by atoms with Crippen molar-refractivity contribution in [2.75, 3.05) is 7.05 Å². The van der Waals surface area contributed by atoms with Gasteiger partial charge >= 0.3 is 5.97 Å². The summed E-state index contributed by atoms with van der Waals surface area (Å²) in [4.78, 5) is 11.0. The Labute approximate surface area is 125 Å². The van der Waals surface area contributed by atoms with Crippen LogP contribution >= 0.6 is 0 Å². The Balaban J connectivity index is 2.39. The van der Waals surface area contributed by atoms with Crippen molar-refractivity contribution in [3.05, 3.63) is 59.5 Å². The van der Waals surface area contributed by atoms with E-state index < -0.39 is 5.97 Å². The van der Waals surface area contributed by atoms with Crippen LogP contribution in [0.15, 0.2) is 59.5 Å². The average molecular weight is 286 g/mol. The number of carboxylic acids is 1. The Morgan fingerprint density at radius 3 is 2.81 bits per heavy atom. The minimum absolute atomic E-state index is 0.158. The van der Waals surface area contributed by atoms with E-state index in [1.807, 2.05) is 30.4 Å². The molecule has 4 nitrogen and oxygen atoms in total. The molecule has 0 spiro atoms. The minimum atomic E-state index is -0.754. The summed E-state index contributed by atoms with van der Waals surface area (Å²) >= 11 is 0. The van der Waals surface area contributed by atoms with Gasteiger partial charge in [-0.2, -0.15) is 0 Å². The molecule has 0 radical (unpaired) electrons. The summed E-state index contributed by atoms with van der Waals surface area (Å²) < 4.78 is 0. The molecule has 0 aromatic heterocycles. The van der Waals surface area contributed by atoms with Gasteiger partial charge in [-0.05, 0) is 36.5 Å². The third-order valence-electron chi connectivity index (χ3n) is 3.66. The summed E-state index contributed by atoms with van der Waals surface area (Å²) in [5, 5.41) is 11.0. The molecule has 112 valence electrons. The number of hydrogen-bond donors (Lipinski definition) is 2. The largest absolute Gasteiger partial charge is 0.481 e. The van der Waals surface area contributed by atoms with E-state index >= 15 is 0 Å². The highest BCUT2D eigenvalue weighted by Gasteiger charge is 2.17. The fraction of sp³-hybridized carbons (Fsp3) is 0.353. The molecule has 0 atom stereocenters. The van der Waals surface area contributed by atoms with Crippen LogP contribution in [0, 0.1) is 0 Å². The fourth-order valence-electron chi connectivity index (χ4n) is 2.64. The first-order chi connectivity index (χ1) is 10.2. The van der Waals surface area contributed by atoms with Gasteiger partial charge in [0.05, 0.1) is 0 Å². The maximum atomic E-state index is 11.0. The van der Waals surface area contributed by atoms with Crippen LogP contribution in [0.25, 0.3) is 0 Å². The highest BCUT2D eigenvalue weighted by atomic mass is 16.4. The molecule has 1 aliphatic carbocycles. The van der Waals surface area contributed by atoms with Crippen molar-refractivity contribution in [2.45, 2.75) is 32.1 Å². The summed E-state index contributed by atoms with van der Waals surface area (Å²) in [5.41, 5.74) is 6.68. The first-order valence-corrected chi connectivity index (χ1v) is 7.32. The molecule has 0 saturated carbocycles. The summed E-state index contributed by atoms with van der Waals surface area (Å²) in [6.07, 6.45) is 17.9. The van der Waals surface area contributed by atoms with Gasteiger partial charge in [-0.3, -0.25) is 9.80 Å². The van der Waals surface area contributed by atoms with Crippen LogP contribution in [-0.4, -0.2) is 23.1 Å². The quantitative estimate of drug-likeness (QED) is 0.814. The standard InChI is InChI=1S/C17H22N2O2/c1-18-19-13-7-3-6-10-16(19)15(11-12-17(20)21)14-8-4-2-5-9-14/h2-4,6-8,13,18H,5,9-12H2,1H3,(H,20,21)/b16-15+. The highest BCUT2D eigenvalue weighted by Crippen LogP contribution is 2.30. The SMILES string of the molecule is CNN1C=CC=CC/C1=C(/CCC(=O)O)C1=CC=CCC1. The third-order valence-corrected chi connectivity index (χ3v) is 3.66. The maximum absolute atomic E-state index is 11.0. The molecule has 0 fully saturated rings. The Morgan fingerprint density at radius 2 is 2.14 bits per heavy atom. The van der Waals surface area contributed by atoms with E-state index in [9.17, 15) is 4.79 Å². The monoisotopic (exact) mass is 286 g/mol. The van der Waals surface area contributed by atoms with Gasteiger partial charge in [0, 0.05) is 31.8 Å². The van der Waals surface area contributed by atoms with Crippen LogP contribution in [0.1, 0.15) is 32.1 Å². The van der Waals surface area contributed by atoms with Gasteiger partial charge in [-0.25, -0.2) is 5.43 Å². The lowest BCUT2D eigenvalue weighted by Crippen LogP contribution is -2.30. The zero-order valence-electron chi connectivity index (χ0n) is 12.4. The second kappa shape index (κ2) is 7.64. The van der Waals surface area contributed by atoms with E-state index in [2.05, 4.69) is 29.7 Å². The third kappa shape index (κ3) is 4.20. The molecule has 0 aromatic rings. The van der Waals surface area contributed by atoms with Crippen LogP contribution < -0.4 is 5.43 Å². The molecule has 4 heteroatoms. The molecule has 0 aromatic carbocycles. The van der Waals surface area contributed by atoms with Gasteiger partial charge in [0.2, 0.25) is 0 Å². The molecular formula is C17H22N2O2. The lowest BCUT2D eigenvalue weighted by Gasteiger charge is -2.26. The van der Waals surface area contributed by atoms with Crippen LogP contribution in [0.5, 0.6) is 0 Å². The fourth-order valence-corrected chi connectivity index (χ4v) is 2.64. The van der Waals surface area contributed by atoms with E-state index in [1.54, 1.807) is 0 Å². The number of nitrogens with zero attached hydrogens (tertiary/aromatic N) is 1. The van der Waals surface area contributed by atoms with Crippen molar-refractivity contribution in [2.24, 2.45) is 0 Å². The van der Waals surface area contributed by atoms with E-state index in [1.165, 1.54) is 5.57 Å². The Morgan fingerprint density at radius 1 is 1.29 bits per heavy atom. The van der Waals surface area contributed by atoms with E-state index in [-0.39, 0.29) is 6.42 Å². The molecular weight excluding hydrogens is 264 g/mol. The first-order valence-electron chi connectivity index (χ1n) is 7.32. The highest BCUT2D eigenvalue weighted by molar-refractivity contribution is 5.67. The average Bonchev–Trinajstić information content (AvgIpc) is 2.74. The molecule has 1 heterocycles. The predicted molar refractivity (Wildman–Crippen MR) is 84.1 cm³/mol. The lowest BCUT2D eigenvalue weighted by molar-refractivity contribution is -0.136. The van der Waals surface area contributed by atoms with Crippen molar-refractivity contribution in [1.29, 1.82) is 0 Å². The zero-order valence-corrected chi connectivity index (χ0v) is 12.4. The number of carboxylic acid groups (broad SMARTS) is 1. The van der Waals surface area contributed by atoms with Crippen LogP contribution in [0.2, 0.25) is 0 Å². The molecule has 0 amide bonds. The number of aliphatic carboxylic acids is 1. The predicted octanol–water partition coefficient (Wildman–Crippen LogP) is 3.29. The molecule has 0 saturated heterocycles. The number of allylic oxidation sites excluding steroid dienone is 8. The molecule has 2 N–H and O–H groups in total. The van der Waals surface area contributed by atoms with Crippen molar-refractivity contribution >= 4 is 5.97 Å².